The first-order chi connectivity index (χ1) is 6.79. The molecule has 80 valence electrons. The lowest BCUT2D eigenvalue weighted by molar-refractivity contribution is 0.720. The molecule has 0 atom stereocenters. The fourth-order valence-corrected chi connectivity index (χ4v) is 1.45. The van der Waals surface area contributed by atoms with Crippen LogP contribution in [-0.2, 0) is 0 Å². The predicted octanol–water partition coefficient (Wildman–Crippen LogP) is 3.62. The third-order valence-corrected chi connectivity index (χ3v) is 2.30. The Morgan fingerprint density at radius 2 is 1.93 bits per heavy atom. The van der Waals surface area contributed by atoms with Gasteiger partial charge in [-0.15, -0.1) is 0 Å². The average molecular weight is 194 g/mol. The first kappa shape index (κ1) is 13.1. The molecule has 0 aliphatic rings. The van der Waals surface area contributed by atoms with Crippen LogP contribution in [0.25, 0.3) is 0 Å². The number of nitrogens with one attached hydrogen (secondary N) is 1. The van der Waals surface area contributed by atoms with Crippen LogP contribution in [0.5, 0.6) is 0 Å². The maximum Gasteiger partial charge on any atom is 0.0277 e. The van der Waals surface area contributed by atoms with Gasteiger partial charge < -0.3 is 5.41 Å². The van der Waals surface area contributed by atoms with Crippen molar-refractivity contribution < 1.29 is 0 Å². The quantitative estimate of drug-likeness (QED) is 0.474. The van der Waals surface area contributed by atoms with Crippen molar-refractivity contribution in [1.82, 2.24) is 0 Å². The molecule has 0 amide bonds. The van der Waals surface area contributed by atoms with Gasteiger partial charge in [0, 0.05) is 19.5 Å². The second-order valence-electron chi connectivity index (χ2n) is 3.39. The number of unbranched alkanes of at least 4 members (excludes halogenated alkanes) is 2. The zero-order valence-corrected chi connectivity index (χ0v) is 9.64. The summed E-state index contributed by atoms with van der Waals surface area (Å²) in [7, 11) is 1.78. The van der Waals surface area contributed by atoms with Crippen molar-refractivity contribution in [2.24, 2.45) is 4.99 Å². The van der Waals surface area contributed by atoms with Gasteiger partial charge in [-0.05, 0) is 30.4 Å². The van der Waals surface area contributed by atoms with Crippen molar-refractivity contribution in [3.63, 3.8) is 0 Å². The second-order valence-corrected chi connectivity index (χ2v) is 3.39. The van der Waals surface area contributed by atoms with Crippen LogP contribution in [-0.4, -0.2) is 19.5 Å². The van der Waals surface area contributed by atoms with E-state index < -0.39 is 0 Å². The molecule has 0 aromatic heterocycles. The number of aliphatic imine (C=N–C) groups is 1. The number of hydrogen-bond donors (Lipinski definition) is 1. The van der Waals surface area contributed by atoms with E-state index in [0.29, 0.717) is 0 Å². The SMILES string of the molecule is CCCCC/C(C=N)=C(/C=NC)CC. The maximum atomic E-state index is 7.36. The third-order valence-electron chi connectivity index (χ3n) is 2.30. The average Bonchev–Trinajstić information content (AvgIpc) is 2.22. The van der Waals surface area contributed by atoms with Crippen molar-refractivity contribution in [1.29, 1.82) is 5.41 Å². The summed E-state index contributed by atoms with van der Waals surface area (Å²) < 4.78 is 0. The first-order valence-corrected chi connectivity index (χ1v) is 5.44. The minimum absolute atomic E-state index is 0.966. The first-order valence-electron chi connectivity index (χ1n) is 5.44. The topological polar surface area (TPSA) is 36.2 Å². The molecule has 0 heterocycles. The smallest absolute Gasteiger partial charge is 0.0277 e. The molecule has 0 unspecified atom stereocenters. The highest BCUT2D eigenvalue weighted by atomic mass is 14.6. The molecule has 0 aromatic carbocycles. The summed E-state index contributed by atoms with van der Waals surface area (Å²) in [5, 5.41) is 7.36. The molecule has 14 heavy (non-hydrogen) atoms. The maximum absolute atomic E-state index is 7.36. The van der Waals surface area contributed by atoms with Crippen molar-refractivity contribution in [2.75, 3.05) is 7.05 Å². The van der Waals surface area contributed by atoms with Crippen LogP contribution in [0.4, 0.5) is 0 Å². The molecule has 1 N–H and O–H groups in total. The summed E-state index contributed by atoms with van der Waals surface area (Å²) in [6.07, 6.45) is 9.01. The molecule has 0 saturated carbocycles. The van der Waals surface area contributed by atoms with Gasteiger partial charge in [-0.1, -0.05) is 26.7 Å². The van der Waals surface area contributed by atoms with E-state index in [1.165, 1.54) is 31.1 Å². The summed E-state index contributed by atoms with van der Waals surface area (Å²) in [5.74, 6) is 0. The van der Waals surface area contributed by atoms with E-state index in [-0.39, 0.29) is 0 Å². The van der Waals surface area contributed by atoms with Gasteiger partial charge in [0.2, 0.25) is 0 Å². The molecule has 0 aliphatic carbocycles. The van der Waals surface area contributed by atoms with E-state index in [1.807, 2.05) is 6.21 Å². The fourth-order valence-electron chi connectivity index (χ4n) is 1.45. The van der Waals surface area contributed by atoms with Crippen LogP contribution in [0.3, 0.4) is 0 Å². The van der Waals surface area contributed by atoms with Gasteiger partial charge in [-0.3, -0.25) is 4.99 Å². The van der Waals surface area contributed by atoms with E-state index in [1.54, 1.807) is 7.05 Å². The van der Waals surface area contributed by atoms with Crippen LogP contribution < -0.4 is 0 Å². The highest BCUT2D eigenvalue weighted by molar-refractivity contribution is 5.89. The van der Waals surface area contributed by atoms with E-state index >= 15 is 0 Å². The molecular weight excluding hydrogens is 172 g/mol. The van der Waals surface area contributed by atoms with Gasteiger partial charge in [0.15, 0.2) is 0 Å². The van der Waals surface area contributed by atoms with Gasteiger partial charge in [-0.2, -0.15) is 0 Å². The molecule has 0 spiro atoms. The largest absolute Gasteiger partial charge is 0.308 e. The Kier molecular flexibility index (Phi) is 8.10. The van der Waals surface area contributed by atoms with Crippen LogP contribution in [0.1, 0.15) is 46.0 Å². The molecule has 0 aliphatic heterocycles. The Labute approximate surface area is 87.6 Å². The Hall–Kier alpha value is -0.920. The van der Waals surface area contributed by atoms with E-state index in [4.69, 9.17) is 5.41 Å². The number of nitrogens with zero attached hydrogens (tertiary/aromatic N) is 1. The lowest BCUT2D eigenvalue weighted by Crippen LogP contribution is -1.95. The molecule has 2 nitrogen and oxygen atoms in total. The zero-order chi connectivity index (χ0) is 10.8. The van der Waals surface area contributed by atoms with Crippen molar-refractivity contribution >= 4 is 12.4 Å². The van der Waals surface area contributed by atoms with Crippen molar-refractivity contribution in [3.05, 3.63) is 11.1 Å². The summed E-state index contributed by atoms with van der Waals surface area (Å²) >= 11 is 0. The summed E-state index contributed by atoms with van der Waals surface area (Å²) in [5.41, 5.74) is 2.35. The lowest BCUT2D eigenvalue weighted by atomic mass is 10.0. The zero-order valence-electron chi connectivity index (χ0n) is 9.64. The molecular formula is C12H22N2. The van der Waals surface area contributed by atoms with Crippen molar-refractivity contribution in [3.8, 4) is 0 Å². The van der Waals surface area contributed by atoms with Crippen LogP contribution >= 0.6 is 0 Å². The van der Waals surface area contributed by atoms with Gasteiger partial charge in [0.25, 0.3) is 0 Å². The van der Waals surface area contributed by atoms with Gasteiger partial charge >= 0.3 is 0 Å². The van der Waals surface area contributed by atoms with Gasteiger partial charge in [0.1, 0.15) is 0 Å². The summed E-state index contributed by atoms with van der Waals surface area (Å²) in [6.45, 7) is 4.31. The second kappa shape index (κ2) is 8.67. The van der Waals surface area contributed by atoms with Crippen LogP contribution in [0.15, 0.2) is 16.1 Å². The van der Waals surface area contributed by atoms with Gasteiger partial charge in [-0.25, -0.2) is 0 Å². The molecule has 0 radical (unpaired) electrons. The van der Waals surface area contributed by atoms with E-state index in [9.17, 15) is 0 Å². The standard InChI is InChI=1S/C12H22N2/c1-4-6-7-8-12(9-13)11(5-2)10-14-3/h9-10,13H,4-8H2,1-3H3/b12-11-,13-9?,14-10?. The normalized spacial score (nSPS) is 13.1. The highest BCUT2D eigenvalue weighted by Crippen LogP contribution is 2.13. The Morgan fingerprint density at radius 1 is 1.21 bits per heavy atom. The minimum atomic E-state index is 0.966. The predicted molar refractivity (Wildman–Crippen MR) is 64.7 cm³/mol. The summed E-state index contributed by atoms with van der Waals surface area (Å²) in [4.78, 5) is 4.02. The summed E-state index contributed by atoms with van der Waals surface area (Å²) in [6, 6.07) is 0. The van der Waals surface area contributed by atoms with Crippen molar-refractivity contribution in [2.45, 2.75) is 46.0 Å². The van der Waals surface area contributed by atoms with Gasteiger partial charge in [0.05, 0.1) is 0 Å². The number of hydrogen-bond acceptors (Lipinski definition) is 2. The lowest BCUT2D eigenvalue weighted by Gasteiger charge is -2.05. The molecule has 0 bridgehead atoms. The van der Waals surface area contributed by atoms with Crippen LogP contribution in [0, 0.1) is 5.41 Å². The Bertz CT molecular complexity index is 214. The monoisotopic (exact) mass is 194 g/mol. The van der Waals surface area contributed by atoms with Crippen LogP contribution in [0.2, 0.25) is 0 Å². The molecule has 0 fully saturated rings. The fraction of sp³-hybridized carbons (Fsp3) is 0.667. The third kappa shape index (κ3) is 4.95. The van der Waals surface area contributed by atoms with E-state index in [0.717, 1.165) is 18.4 Å². The Balaban J connectivity index is 4.38. The number of allylic oxidation sites excluding steroid dienone is 2. The molecule has 0 saturated heterocycles. The molecule has 0 aromatic rings. The number of rotatable bonds is 7. The van der Waals surface area contributed by atoms with E-state index in [2.05, 4.69) is 18.8 Å². The molecule has 0 rings (SSSR count). The molecule has 2 heteroatoms. The highest BCUT2D eigenvalue weighted by Gasteiger charge is 2.00. The minimum Gasteiger partial charge on any atom is -0.308 e. The Morgan fingerprint density at radius 3 is 2.36 bits per heavy atom.